The fourth-order valence-electron chi connectivity index (χ4n) is 1.90. The van der Waals surface area contributed by atoms with Crippen LogP contribution in [-0.2, 0) is 6.42 Å². The summed E-state index contributed by atoms with van der Waals surface area (Å²) in [5, 5.41) is 0. The molecule has 0 heterocycles. The summed E-state index contributed by atoms with van der Waals surface area (Å²) in [5.41, 5.74) is 7.42. The van der Waals surface area contributed by atoms with Crippen molar-refractivity contribution in [1.82, 2.24) is 0 Å². The third-order valence-electron chi connectivity index (χ3n) is 3.20. The van der Waals surface area contributed by atoms with Crippen LogP contribution in [0, 0.1) is 5.41 Å². The van der Waals surface area contributed by atoms with Gasteiger partial charge in [-0.05, 0) is 48.9 Å². The van der Waals surface area contributed by atoms with Crippen molar-refractivity contribution >= 4 is 15.9 Å². The molecule has 1 aromatic rings. The highest BCUT2D eigenvalue weighted by Gasteiger charge is 2.41. The zero-order valence-electron chi connectivity index (χ0n) is 8.92. The van der Waals surface area contributed by atoms with Crippen LogP contribution in [0.25, 0.3) is 0 Å². The lowest BCUT2D eigenvalue weighted by atomic mass is 9.96. The fraction of sp³-hybridized carbons (Fsp3) is 0.500. The molecular weight excluding hydrogens is 254 g/mol. The third-order valence-corrected chi connectivity index (χ3v) is 3.70. The quantitative estimate of drug-likeness (QED) is 0.913. The molecule has 0 spiro atoms. The summed E-state index contributed by atoms with van der Waals surface area (Å²) < 4.78 is 6.43. The maximum Gasteiger partial charge on any atom is 0.123 e. The van der Waals surface area contributed by atoms with Crippen LogP contribution in [0.2, 0.25) is 0 Å². The molecule has 1 aromatic carbocycles. The van der Waals surface area contributed by atoms with Crippen molar-refractivity contribution in [2.24, 2.45) is 11.1 Å². The molecule has 0 aromatic heterocycles. The molecule has 82 valence electrons. The van der Waals surface area contributed by atoms with E-state index in [0.29, 0.717) is 5.41 Å². The van der Waals surface area contributed by atoms with Gasteiger partial charge in [0.1, 0.15) is 5.75 Å². The van der Waals surface area contributed by atoms with Crippen molar-refractivity contribution in [3.8, 4) is 5.75 Å². The van der Waals surface area contributed by atoms with Crippen molar-refractivity contribution < 1.29 is 4.74 Å². The molecule has 15 heavy (non-hydrogen) atoms. The number of rotatable bonds is 4. The smallest absolute Gasteiger partial charge is 0.123 e. The first kappa shape index (κ1) is 11.0. The van der Waals surface area contributed by atoms with Crippen molar-refractivity contribution in [2.75, 3.05) is 13.7 Å². The average Bonchev–Trinajstić information content (AvgIpc) is 3.01. The van der Waals surface area contributed by atoms with Gasteiger partial charge in [0.05, 0.1) is 7.11 Å². The summed E-state index contributed by atoms with van der Waals surface area (Å²) >= 11 is 3.44. The van der Waals surface area contributed by atoms with E-state index in [1.807, 2.05) is 6.07 Å². The van der Waals surface area contributed by atoms with Crippen molar-refractivity contribution in [1.29, 1.82) is 0 Å². The summed E-state index contributed by atoms with van der Waals surface area (Å²) in [5.74, 6) is 0.962. The molecule has 2 rings (SSSR count). The van der Waals surface area contributed by atoms with Crippen molar-refractivity contribution in [3.63, 3.8) is 0 Å². The number of ether oxygens (including phenoxy) is 1. The second-order valence-electron chi connectivity index (χ2n) is 4.34. The summed E-state index contributed by atoms with van der Waals surface area (Å²) in [7, 11) is 1.72. The molecule has 1 saturated carbocycles. The number of hydrogen-bond acceptors (Lipinski definition) is 2. The number of halogens is 1. The summed E-state index contributed by atoms with van der Waals surface area (Å²) in [6.07, 6.45) is 3.55. The van der Waals surface area contributed by atoms with E-state index >= 15 is 0 Å². The zero-order valence-corrected chi connectivity index (χ0v) is 10.5. The van der Waals surface area contributed by atoms with Gasteiger partial charge in [0, 0.05) is 4.47 Å². The van der Waals surface area contributed by atoms with Crippen LogP contribution in [0.3, 0.4) is 0 Å². The molecule has 2 N–H and O–H groups in total. The fourth-order valence-corrected chi connectivity index (χ4v) is 2.24. The van der Waals surface area contributed by atoms with E-state index in [1.54, 1.807) is 7.11 Å². The second kappa shape index (κ2) is 4.14. The predicted molar refractivity (Wildman–Crippen MR) is 65.1 cm³/mol. The van der Waals surface area contributed by atoms with Crippen LogP contribution in [0.4, 0.5) is 0 Å². The molecule has 2 nitrogen and oxygen atoms in total. The van der Waals surface area contributed by atoms with Gasteiger partial charge in [-0.1, -0.05) is 22.0 Å². The third kappa shape index (κ3) is 2.34. The minimum Gasteiger partial charge on any atom is -0.496 e. The van der Waals surface area contributed by atoms with Crippen LogP contribution in [-0.4, -0.2) is 13.7 Å². The van der Waals surface area contributed by atoms with E-state index in [-0.39, 0.29) is 0 Å². The lowest BCUT2D eigenvalue weighted by Crippen LogP contribution is -2.18. The maximum atomic E-state index is 5.79. The molecule has 1 fully saturated rings. The van der Waals surface area contributed by atoms with Gasteiger partial charge in [0.2, 0.25) is 0 Å². The highest BCUT2D eigenvalue weighted by Crippen LogP contribution is 2.48. The van der Waals surface area contributed by atoms with Gasteiger partial charge < -0.3 is 10.5 Å². The van der Waals surface area contributed by atoms with Crippen LogP contribution in [0.5, 0.6) is 5.75 Å². The number of benzene rings is 1. The Morgan fingerprint density at radius 1 is 1.47 bits per heavy atom. The standard InChI is InChI=1S/C12H16BrNO/c1-15-11-6-10(13)3-2-9(11)7-12(8-14)4-5-12/h2-3,6H,4-5,7-8,14H2,1H3. The molecule has 0 aliphatic heterocycles. The zero-order chi connectivity index (χ0) is 10.9. The Morgan fingerprint density at radius 3 is 2.73 bits per heavy atom. The first-order valence-corrected chi connectivity index (χ1v) is 6.01. The maximum absolute atomic E-state index is 5.79. The van der Waals surface area contributed by atoms with E-state index in [2.05, 4.69) is 28.1 Å². The molecule has 0 amide bonds. The Bertz CT molecular complexity index is 361. The summed E-state index contributed by atoms with van der Waals surface area (Å²) in [4.78, 5) is 0. The monoisotopic (exact) mass is 269 g/mol. The molecule has 0 radical (unpaired) electrons. The van der Waals surface area contributed by atoms with Crippen LogP contribution >= 0.6 is 15.9 Å². The van der Waals surface area contributed by atoms with Crippen LogP contribution in [0.1, 0.15) is 18.4 Å². The number of nitrogens with two attached hydrogens (primary N) is 1. The van der Waals surface area contributed by atoms with E-state index in [4.69, 9.17) is 10.5 Å². The molecule has 0 atom stereocenters. The van der Waals surface area contributed by atoms with Gasteiger partial charge in [-0.25, -0.2) is 0 Å². The lowest BCUT2D eigenvalue weighted by molar-refractivity contribution is 0.402. The molecule has 1 aliphatic rings. The minimum atomic E-state index is 0.362. The Hall–Kier alpha value is -0.540. The summed E-state index contributed by atoms with van der Waals surface area (Å²) in [6.45, 7) is 0.784. The second-order valence-corrected chi connectivity index (χ2v) is 5.25. The van der Waals surface area contributed by atoms with Crippen molar-refractivity contribution in [2.45, 2.75) is 19.3 Å². The number of hydrogen-bond donors (Lipinski definition) is 1. The molecule has 0 bridgehead atoms. The van der Waals surface area contributed by atoms with Gasteiger partial charge in [-0.15, -0.1) is 0 Å². The molecular formula is C12H16BrNO. The largest absolute Gasteiger partial charge is 0.496 e. The molecule has 1 aliphatic carbocycles. The van der Waals surface area contributed by atoms with E-state index in [9.17, 15) is 0 Å². The Balaban J connectivity index is 2.20. The van der Waals surface area contributed by atoms with Gasteiger partial charge >= 0.3 is 0 Å². The molecule has 0 saturated heterocycles. The van der Waals surface area contributed by atoms with Gasteiger partial charge in [-0.2, -0.15) is 0 Å². The highest BCUT2D eigenvalue weighted by atomic mass is 79.9. The molecule has 3 heteroatoms. The highest BCUT2D eigenvalue weighted by molar-refractivity contribution is 9.10. The van der Waals surface area contributed by atoms with Crippen LogP contribution < -0.4 is 10.5 Å². The normalized spacial score (nSPS) is 17.5. The van der Waals surface area contributed by atoms with Crippen LogP contribution in [0.15, 0.2) is 22.7 Å². The average molecular weight is 270 g/mol. The number of methoxy groups -OCH3 is 1. The van der Waals surface area contributed by atoms with Gasteiger partial charge in [0.15, 0.2) is 0 Å². The first-order chi connectivity index (χ1) is 7.19. The SMILES string of the molecule is COc1cc(Br)ccc1CC1(CN)CC1. The van der Waals surface area contributed by atoms with E-state index < -0.39 is 0 Å². The topological polar surface area (TPSA) is 35.2 Å². The Labute approximate surface area is 98.9 Å². The molecule has 0 unspecified atom stereocenters. The van der Waals surface area contributed by atoms with E-state index in [1.165, 1.54) is 18.4 Å². The summed E-state index contributed by atoms with van der Waals surface area (Å²) in [6, 6.07) is 6.20. The predicted octanol–water partition coefficient (Wildman–Crippen LogP) is 2.74. The lowest BCUT2D eigenvalue weighted by Gasteiger charge is -2.15. The van der Waals surface area contributed by atoms with E-state index in [0.717, 1.165) is 23.2 Å². The minimum absolute atomic E-state index is 0.362. The van der Waals surface area contributed by atoms with Gasteiger partial charge in [0.25, 0.3) is 0 Å². The Morgan fingerprint density at radius 2 is 2.20 bits per heavy atom. The Kier molecular flexibility index (Phi) is 3.03. The van der Waals surface area contributed by atoms with Crippen molar-refractivity contribution in [3.05, 3.63) is 28.2 Å². The first-order valence-electron chi connectivity index (χ1n) is 5.22. The van der Waals surface area contributed by atoms with Gasteiger partial charge in [-0.3, -0.25) is 0 Å².